The molecule has 1 aliphatic heterocycles. The van der Waals surface area contributed by atoms with Crippen LogP contribution in [0, 0.1) is 5.82 Å². The maximum atomic E-state index is 13.6. The molecule has 3 aromatic rings. The first kappa shape index (κ1) is 22.5. The van der Waals surface area contributed by atoms with Gasteiger partial charge in [-0.3, -0.25) is 4.52 Å². The highest BCUT2D eigenvalue weighted by Gasteiger charge is 2.32. The van der Waals surface area contributed by atoms with Gasteiger partial charge in [-0.05, 0) is 71.6 Å². The van der Waals surface area contributed by atoms with Gasteiger partial charge in [0.05, 0.1) is 10.2 Å². The highest BCUT2D eigenvalue weighted by Crippen LogP contribution is 2.35. The number of carbonyl (C=O) groups excluding carboxylic acids is 1. The van der Waals surface area contributed by atoms with Gasteiger partial charge in [-0.25, -0.2) is 23.2 Å². The van der Waals surface area contributed by atoms with E-state index in [-0.39, 0.29) is 27.3 Å². The zero-order valence-electron chi connectivity index (χ0n) is 17.4. The van der Waals surface area contributed by atoms with Gasteiger partial charge in [-0.1, -0.05) is 16.9 Å². The summed E-state index contributed by atoms with van der Waals surface area (Å²) in [6.07, 6.45) is 0.346. The molecule has 32 heavy (non-hydrogen) atoms. The summed E-state index contributed by atoms with van der Waals surface area (Å²) in [5.74, 6) is -1.18. The van der Waals surface area contributed by atoms with Crippen molar-refractivity contribution in [3.63, 3.8) is 0 Å². The van der Waals surface area contributed by atoms with E-state index in [1.807, 2.05) is 20.8 Å². The van der Waals surface area contributed by atoms with Crippen LogP contribution < -0.4 is 5.76 Å². The van der Waals surface area contributed by atoms with Crippen LogP contribution in [0.2, 0.25) is 0 Å². The maximum Gasteiger partial charge on any atom is 0.446 e. The van der Waals surface area contributed by atoms with Crippen molar-refractivity contribution >= 4 is 33.8 Å². The van der Waals surface area contributed by atoms with Gasteiger partial charge in [-0.2, -0.15) is 0 Å². The largest absolute Gasteiger partial charge is 0.446 e. The van der Waals surface area contributed by atoms with E-state index in [1.165, 1.54) is 30.0 Å². The molecule has 1 atom stereocenters. The number of nitrogens with zero attached hydrogens (tertiary/aromatic N) is 5. The molecule has 0 bridgehead atoms. The Hall–Kier alpha value is -2.67. The van der Waals surface area contributed by atoms with Gasteiger partial charge in [0.25, 0.3) is 0 Å². The normalized spacial score (nSPS) is 16.5. The summed E-state index contributed by atoms with van der Waals surface area (Å²) in [5, 5.41) is 12.0. The number of likely N-dealkylation sites (tertiary alicyclic amines) is 1. The fourth-order valence-corrected chi connectivity index (χ4v) is 4.60. The van der Waals surface area contributed by atoms with Crippen molar-refractivity contribution in [2.45, 2.75) is 43.1 Å². The minimum absolute atomic E-state index is 0.0141. The molecule has 4 rings (SSSR count). The Morgan fingerprint density at radius 2 is 2.09 bits per heavy atom. The molecule has 1 unspecified atom stereocenters. The predicted octanol–water partition coefficient (Wildman–Crippen LogP) is 3.88. The average Bonchev–Trinajstić information content (AvgIpc) is 3.43. The van der Waals surface area contributed by atoms with Crippen LogP contribution in [0.1, 0.15) is 27.2 Å². The van der Waals surface area contributed by atoms with Crippen molar-refractivity contribution in [2.75, 3.05) is 13.1 Å². The lowest BCUT2D eigenvalue weighted by Crippen LogP contribution is -2.35. The first-order valence-corrected chi connectivity index (χ1v) is 11.3. The van der Waals surface area contributed by atoms with Gasteiger partial charge in [-0.15, -0.1) is 0 Å². The Balaban J connectivity index is 1.55. The summed E-state index contributed by atoms with van der Waals surface area (Å²) < 4.78 is 30.1. The molecule has 0 spiro atoms. The van der Waals surface area contributed by atoms with E-state index < -0.39 is 17.2 Å². The zero-order valence-corrected chi connectivity index (χ0v) is 19.8. The Labute approximate surface area is 194 Å². The molecule has 1 amide bonds. The lowest BCUT2D eigenvalue weighted by atomic mass is 10.2. The Kier molecular flexibility index (Phi) is 6.12. The van der Waals surface area contributed by atoms with Crippen LogP contribution in [0.4, 0.5) is 9.18 Å². The van der Waals surface area contributed by atoms with E-state index in [4.69, 9.17) is 13.9 Å². The lowest BCUT2D eigenvalue weighted by molar-refractivity contribution is 0.0295. The maximum absolute atomic E-state index is 13.6. The second kappa shape index (κ2) is 8.70. The Morgan fingerprint density at radius 1 is 1.31 bits per heavy atom. The summed E-state index contributed by atoms with van der Waals surface area (Å²) >= 11 is 4.46. The number of halogens is 2. The van der Waals surface area contributed by atoms with Gasteiger partial charge < -0.3 is 9.64 Å². The second-order valence-electron chi connectivity index (χ2n) is 8.08. The highest BCUT2D eigenvalue weighted by molar-refractivity contribution is 9.10. The highest BCUT2D eigenvalue weighted by atomic mass is 79.9. The number of hydrogen-bond donors (Lipinski definition) is 0. The Morgan fingerprint density at radius 3 is 2.81 bits per heavy atom. The number of benzene rings is 1. The average molecular weight is 528 g/mol. The SMILES string of the molecule is CC(C)(C)OC(=O)N1CCC(Sc2nonc2-c2noc(=O)n2-c2ccc(F)c(Br)c2)C1. The fourth-order valence-electron chi connectivity index (χ4n) is 3.12. The third-order valence-electron chi connectivity index (χ3n) is 4.51. The topological polar surface area (TPSA) is 116 Å². The number of hydrogen-bond acceptors (Lipinski definition) is 9. The summed E-state index contributed by atoms with van der Waals surface area (Å²) in [6, 6.07) is 4.05. The van der Waals surface area contributed by atoms with Crippen molar-refractivity contribution in [3.8, 4) is 17.2 Å². The molecule has 2 aromatic heterocycles. The molecule has 1 aliphatic rings. The number of aromatic nitrogens is 4. The quantitative estimate of drug-likeness (QED) is 0.497. The molecule has 3 heterocycles. The standard InChI is InChI=1S/C19H19BrFN5O5S/c1-19(2,3)29-17(27)25-7-6-11(9-25)32-16-14(22-31-24-16)15-23-30-18(28)26(15)10-4-5-13(21)12(20)8-10/h4-5,8,11H,6-7,9H2,1-3H3. The van der Waals surface area contributed by atoms with Gasteiger partial charge in [0, 0.05) is 18.3 Å². The fraction of sp³-hybridized carbons (Fsp3) is 0.421. The van der Waals surface area contributed by atoms with Crippen molar-refractivity contribution in [2.24, 2.45) is 0 Å². The lowest BCUT2D eigenvalue weighted by Gasteiger charge is -2.24. The van der Waals surface area contributed by atoms with E-state index in [0.717, 1.165) is 4.57 Å². The van der Waals surface area contributed by atoms with Gasteiger partial charge in [0.15, 0.2) is 10.7 Å². The van der Waals surface area contributed by atoms with Crippen molar-refractivity contribution < 1.29 is 23.1 Å². The van der Waals surface area contributed by atoms with E-state index >= 15 is 0 Å². The second-order valence-corrected chi connectivity index (χ2v) is 10.2. The molecule has 1 fully saturated rings. The number of ether oxygens (including phenoxy) is 1. The molecule has 170 valence electrons. The van der Waals surface area contributed by atoms with Crippen LogP contribution in [0.5, 0.6) is 0 Å². The number of carbonyl (C=O) groups is 1. The van der Waals surface area contributed by atoms with Crippen molar-refractivity contribution in [3.05, 3.63) is 39.0 Å². The van der Waals surface area contributed by atoms with Crippen molar-refractivity contribution in [1.29, 1.82) is 0 Å². The van der Waals surface area contributed by atoms with Crippen LogP contribution in [0.25, 0.3) is 17.2 Å². The van der Waals surface area contributed by atoms with E-state index in [1.54, 1.807) is 4.90 Å². The Bertz CT molecular complexity index is 1200. The minimum atomic E-state index is -0.769. The zero-order chi connectivity index (χ0) is 23.0. The predicted molar refractivity (Wildman–Crippen MR) is 115 cm³/mol. The van der Waals surface area contributed by atoms with Crippen LogP contribution in [0.15, 0.2) is 41.6 Å². The molecule has 10 nitrogen and oxygen atoms in total. The number of rotatable bonds is 4. The van der Waals surface area contributed by atoms with Crippen LogP contribution in [-0.4, -0.2) is 55.0 Å². The molecular weight excluding hydrogens is 509 g/mol. The minimum Gasteiger partial charge on any atom is -0.444 e. The number of thioether (sulfide) groups is 1. The summed E-state index contributed by atoms with van der Waals surface area (Å²) in [5.41, 5.74) is -0.0373. The molecule has 1 aromatic carbocycles. The third-order valence-corrected chi connectivity index (χ3v) is 6.33. The molecule has 0 radical (unpaired) electrons. The first-order chi connectivity index (χ1) is 15.1. The van der Waals surface area contributed by atoms with Crippen LogP contribution >= 0.6 is 27.7 Å². The molecule has 0 saturated carbocycles. The summed E-state index contributed by atoms with van der Waals surface area (Å²) in [4.78, 5) is 26.2. The first-order valence-electron chi connectivity index (χ1n) is 9.64. The van der Waals surface area contributed by atoms with Crippen LogP contribution in [-0.2, 0) is 4.74 Å². The van der Waals surface area contributed by atoms with E-state index in [0.29, 0.717) is 30.2 Å². The van der Waals surface area contributed by atoms with Crippen LogP contribution in [0.3, 0.4) is 0 Å². The van der Waals surface area contributed by atoms with E-state index in [2.05, 4.69) is 31.4 Å². The summed E-state index contributed by atoms with van der Waals surface area (Å²) in [7, 11) is 0. The van der Waals surface area contributed by atoms with Gasteiger partial charge >= 0.3 is 11.8 Å². The number of amides is 1. The molecular formula is C19H19BrFN5O5S. The monoisotopic (exact) mass is 527 g/mol. The molecule has 0 N–H and O–H groups in total. The van der Waals surface area contributed by atoms with Crippen molar-refractivity contribution in [1.82, 2.24) is 24.9 Å². The summed E-state index contributed by atoms with van der Waals surface area (Å²) in [6.45, 7) is 6.46. The smallest absolute Gasteiger partial charge is 0.444 e. The molecule has 0 aliphatic carbocycles. The van der Waals surface area contributed by atoms with Gasteiger partial charge in [0.2, 0.25) is 5.82 Å². The molecule has 1 saturated heterocycles. The third kappa shape index (κ3) is 4.72. The van der Waals surface area contributed by atoms with E-state index in [9.17, 15) is 14.0 Å². The molecule has 13 heteroatoms. The van der Waals surface area contributed by atoms with Gasteiger partial charge in [0.1, 0.15) is 11.4 Å².